The average Bonchev–Trinajstić information content (AvgIpc) is 2.46. The molecule has 4 nitrogen and oxygen atoms in total. The van der Waals surface area contributed by atoms with E-state index in [2.05, 4.69) is 9.72 Å². The van der Waals surface area contributed by atoms with E-state index in [0.29, 0.717) is 6.29 Å². The summed E-state index contributed by atoms with van der Waals surface area (Å²) in [5.74, 6) is -0.559. The van der Waals surface area contributed by atoms with E-state index in [1.807, 2.05) is 30.3 Å². The number of pyridine rings is 1. The topological polar surface area (TPSA) is 56.3 Å². The molecule has 2 aromatic rings. The van der Waals surface area contributed by atoms with Crippen LogP contribution in [0.2, 0.25) is 0 Å². The number of hydrogen-bond donors (Lipinski definition) is 0. The Bertz CT molecular complexity index is 579. The molecule has 1 heterocycles. The van der Waals surface area contributed by atoms with Crippen molar-refractivity contribution in [2.24, 2.45) is 0 Å². The third-order valence-corrected chi connectivity index (χ3v) is 2.47. The molecule has 0 aliphatic carbocycles. The lowest BCUT2D eigenvalue weighted by Crippen LogP contribution is -2.06. The van der Waals surface area contributed by atoms with Crippen LogP contribution in [0.4, 0.5) is 0 Å². The molecule has 0 saturated carbocycles. The molecule has 1 aromatic carbocycles. The van der Waals surface area contributed by atoms with Crippen molar-refractivity contribution in [1.29, 1.82) is 0 Å². The fourth-order valence-electron chi connectivity index (χ4n) is 1.62. The van der Waals surface area contributed by atoms with Gasteiger partial charge in [0.2, 0.25) is 0 Å². The highest BCUT2D eigenvalue weighted by Crippen LogP contribution is 2.20. The van der Waals surface area contributed by atoms with Crippen LogP contribution in [0, 0.1) is 0 Å². The van der Waals surface area contributed by atoms with Gasteiger partial charge in [-0.2, -0.15) is 0 Å². The van der Waals surface area contributed by atoms with Crippen molar-refractivity contribution in [3.63, 3.8) is 0 Å². The van der Waals surface area contributed by atoms with Crippen molar-refractivity contribution in [3.05, 3.63) is 53.9 Å². The van der Waals surface area contributed by atoms with Gasteiger partial charge in [0.15, 0.2) is 6.29 Å². The minimum Gasteiger partial charge on any atom is -0.464 e. The summed E-state index contributed by atoms with van der Waals surface area (Å²) in [5, 5.41) is 0. The Morgan fingerprint density at radius 1 is 1.17 bits per heavy atom. The Morgan fingerprint density at radius 2 is 1.89 bits per heavy atom. The zero-order valence-corrected chi connectivity index (χ0v) is 9.79. The maximum Gasteiger partial charge on any atom is 0.356 e. The second-order valence-corrected chi connectivity index (χ2v) is 3.64. The third-order valence-electron chi connectivity index (χ3n) is 2.47. The minimum absolute atomic E-state index is 0.126. The van der Waals surface area contributed by atoms with Crippen LogP contribution in [0.3, 0.4) is 0 Å². The lowest BCUT2D eigenvalue weighted by molar-refractivity contribution is 0.0594. The molecule has 2 rings (SSSR count). The van der Waals surface area contributed by atoms with E-state index in [1.165, 1.54) is 7.11 Å². The molecular formula is C14H11NO3. The normalized spacial score (nSPS) is 9.83. The highest BCUT2D eigenvalue weighted by atomic mass is 16.5. The van der Waals surface area contributed by atoms with Crippen LogP contribution in [-0.2, 0) is 4.74 Å². The Labute approximate surface area is 104 Å². The van der Waals surface area contributed by atoms with Gasteiger partial charge < -0.3 is 4.74 Å². The van der Waals surface area contributed by atoms with Gasteiger partial charge in [0.05, 0.1) is 7.11 Å². The molecule has 0 spiro atoms. The summed E-state index contributed by atoms with van der Waals surface area (Å²) >= 11 is 0. The van der Waals surface area contributed by atoms with Crippen LogP contribution in [0.25, 0.3) is 11.1 Å². The fraction of sp³-hybridized carbons (Fsp3) is 0.0714. The average molecular weight is 241 g/mol. The van der Waals surface area contributed by atoms with Gasteiger partial charge in [-0.05, 0) is 23.3 Å². The van der Waals surface area contributed by atoms with Gasteiger partial charge in [-0.25, -0.2) is 9.78 Å². The molecule has 0 aliphatic rings. The first-order valence-corrected chi connectivity index (χ1v) is 5.35. The second kappa shape index (κ2) is 5.23. The van der Waals surface area contributed by atoms with Crippen LogP contribution in [0.1, 0.15) is 21.0 Å². The van der Waals surface area contributed by atoms with E-state index >= 15 is 0 Å². The van der Waals surface area contributed by atoms with Crippen molar-refractivity contribution in [1.82, 2.24) is 4.98 Å². The van der Waals surface area contributed by atoms with Crippen LogP contribution < -0.4 is 0 Å². The number of rotatable bonds is 3. The third kappa shape index (κ3) is 2.43. The van der Waals surface area contributed by atoms with Gasteiger partial charge in [0, 0.05) is 0 Å². The Balaban J connectivity index is 2.54. The standard InChI is InChI=1S/C14H11NO3/c1-18-14(17)13-8-11(7-12(9-16)15-13)10-5-3-2-4-6-10/h2-9H,1H3. The molecule has 0 bridgehead atoms. The summed E-state index contributed by atoms with van der Waals surface area (Å²) < 4.78 is 4.61. The zero-order chi connectivity index (χ0) is 13.0. The predicted octanol–water partition coefficient (Wildman–Crippen LogP) is 2.35. The molecule has 18 heavy (non-hydrogen) atoms. The molecular weight excluding hydrogens is 230 g/mol. The van der Waals surface area contributed by atoms with Crippen LogP contribution >= 0.6 is 0 Å². The number of methoxy groups -OCH3 is 1. The van der Waals surface area contributed by atoms with Gasteiger partial charge in [-0.3, -0.25) is 4.79 Å². The van der Waals surface area contributed by atoms with E-state index in [0.717, 1.165) is 11.1 Å². The van der Waals surface area contributed by atoms with Crippen molar-refractivity contribution >= 4 is 12.3 Å². The second-order valence-electron chi connectivity index (χ2n) is 3.64. The van der Waals surface area contributed by atoms with Crippen LogP contribution in [0.15, 0.2) is 42.5 Å². The number of esters is 1. The van der Waals surface area contributed by atoms with Crippen LogP contribution in [0.5, 0.6) is 0 Å². The van der Waals surface area contributed by atoms with E-state index in [9.17, 15) is 9.59 Å². The molecule has 0 amide bonds. The number of benzene rings is 1. The van der Waals surface area contributed by atoms with Crippen LogP contribution in [-0.4, -0.2) is 24.3 Å². The highest BCUT2D eigenvalue weighted by Gasteiger charge is 2.11. The first kappa shape index (κ1) is 12.0. The zero-order valence-electron chi connectivity index (χ0n) is 9.79. The molecule has 0 fully saturated rings. The smallest absolute Gasteiger partial charge is 0.356 e. The Kier molecular flexibility index (Phi) is 3.48. The molecule has 0 atom stereocenters. The number of aldehydes is 1. The van der Waals surface area contributed by atoms with Gasteiger partial charge >= 0.3 is 5.97 Å². The van der Waals surface area contributed by atoms with E-state index in [1.54, 1.807) is 12.1 Å². The number of nitrogens with zero attached hydrogens (tertiary/aromatic N) is 1. The molecule has 1 aromatic heterocycles. The molecule has 0 saturated heterocycles. The maximum absolute atomic E-state index is 11.5. The minimum atomic E-state index is -0.559. The molecule has 0 unspecified atom stereocenters. The van der Waals surface area contributed by atoms with Gasteiger partial charge in [0.1, 0.15) is 11.4 Å². The van der Waals surface area contributed by atoms with Crippen molar-refractivity contribution in [2.75, 3.05) is 7.11 Å². The highest BCUT2D eigenvalue weighted by molar-refractivity contribution is 5.90. The number of carbonyl (C=O) groups is 2. The quantitative estimate of drug-likeness (QED) is 0.611. The molecule has 0 radical (unpaired) electrons. The summed E-state index contributed by atoms with van der Waals surface area (Å²) in [6.45, 7) is 0. The van der Waals surface area contributed by atoms with Gasteiger partial charge in [-0.15, -0.1) is 0 Å². The number of ether oxygens (including phenoxy) is 1. The fourth-order valence-corrected chi connectivity index (χ4v) is 1.62. The SMILES string of the molecule is COC(=O)c1cc(-c2ccccc2)cc(C=O)n1. The van der Waals surface area contributed by atoms with Crippen molar-refractivity contribution < 1.29 is 14.3 Å². The van der Waals surface area contributed by atoms with Gasteiger partial charge in [0.25, 0.3) is 0 Å². The summed E-state index contributed by atoms with van der Waals surface area (Å²) in [4.78, 5) is 26.2. The molecule has 90 valence electrons. The monoisotopic (exact) mass is 241 g/mol. The number of aromatic nitrogens is 1. The number of carbonyl (C=O) groups excluding carboxylic acids is 2. The Morgan fingerprint density at radius 3 is 2.50 bits per heavy atom. The molecule has 0 aliphatic heterocycles. The van der Waals surface area contributed by atoms with E-state index < -0.39 is 5.97 Å². The predicted molar refractivity (Wildman–Crippen MR) is 66.4 cm³/mol. The van der Waals surface area contributed by atoms with E-state index in [-0.39, 0.29) is 11.4 Å². The summed E-state index contributed by atoms with van der Waals surface area (Å²) in [6, 6.07) is 12.7. The van der Waals surface area contributed by atoms with Gasteiger partial charge in [-0.1, -0.05) is 30.3 Å². The first-order valence-electron chi connectivity index (χ1n) is 5.35. The first-order chi connectivity index (χ1) is 8.74. The maximum atomic E-state index is 11.5. The largest absolute Gasteiger partial charge is 0.464 e. The summed E-state index contributed by atoms with van der Waals surface area (Å²) in [6.07, 6.45) is 0.610. The lowest BCUT2D eigenvalue weighted by Gasteiger charge is -2.05. The molecule has 0 N–H and O–H groups in total. The summed E-state index contributed by atoms with van der Waals surface area (Å²) in [5.41, 5.74) is 2.00. The van der Waals surface area contributed by atoms with Crippen molar-refractivity contribution in [3.8, 4) is 11.1 Å². The van der Waals surface area contributed by atoms with Crippen molar-refractivity contribution in [2.45, 2.75) is 0 Å². The lowest BCUT2D eigenvalue weighted by atomic mass is 10.1. The summed E-state index contributed by atoms with van der Waals surface area (Å²) in [7, 11) is 1.28. The van der Waals surface area contributed by atoms with E-state index in [4.69, 9.17) is 0 Å². The Hall–Kier alpha value is -2.49. The number of hydrogen-bond acceptors (Lipinski definition) is 4. The molecule has 4 heteroatoms.